The number of aliphatic hydroxyl groups excluding tert-OH is 1. The normalized spacial score (nSPS) is 16.4. The molecular weight excluding hydrogens is 496 g/mol. The van der Waals surface area contributed by atoms with E-state index in [0.717, 1.165) is 27.1 Å². The minimum absolute atomic E-state index is 0.0502. The van der Waals surface area contributed by atoms with Crippen LogP contribution in [0.4, 0.5) is 0 Å². The van der Waals surface area contributed by atoms with Gasteiger partial charge in [-0.15, -0.1) is 11.3 Å². The maximum Gasteiger partial charge on any atom is 0.239 e. The summed E-state index contributed by atoms with van der Waals surface area (Å²) >= 11 is 3.23. The molecule has 3 rings (SSSR count). The number of aliphatic hydroxyl groups is 1. The molecule has 0 aliphatic carbocycles. The van der Waals surface area contributed by atoms with E-state index >= 15 is 0 Å². The SMILES string of the molecule is CC/C(O)=C\c1nc(SCCCOc2ccc(S(=O)(=O)C3(C(N)=O)CCOCC3)cc2)sc1C. The van der Waals surface area contributed by atoms with Crippen molar-refractivity contribution in [1.29, 1.82) is 0 Å². The van der Waals surface area contributed by atoms with E-state index in [9.17, 15) is 18.3 Å². The van der Waals surface area contributed by atoms with Gasteiger partial charge >= 0.3 is 0 Å². The van der Waals surface area contributed by atoms with Crippen molar-refractivity contribution in [3.8, 4) is 5.75 Å². The van der Waals surface area contributed by atoms with E-state index in [1.165, 1.54) is 12.1 Å². The van der Waals surface area contributed by atoms with Crippen molar-refractivity contribution >= 4 is 44.9 Å². The van der Waals surface area contributed by atoms with Crippen LogP contribution in [0.5, 0.6) is 5.75 Å². The molecule has 8 nitrogen and oxygen atoms in total. The van der Waals surface area contributed by atoms with Gasteiger partial charge in [0.25, 0.3) is 0 Å². The summed E-state index contributed by atoms with van der Waals surface area (Å²) in [7, 11) is -3.95. The van der Waals surface area contributed by atoms with Crippen molar-refractivity contribution in [2.24, 2.45) is 5.73 Å². The van der Waals surface area contributed by atoms with Gasteiger partial charge in [0.15, 0.2) is 18.9 Å². The summed E-state index contributed by atoms with van der Waals surface area (Å²) in [5.41, 5.74) is 6.31. The number of carbonyl (C=O) groups excluding carboxylic acids is 1. The Hall–Kier alpha value is -2.08. The van der Waals surface area contributed by atoms with Gasteiger partial charge in [0.1, 0.15) is 5.75 Å². The highest BCUT2D eigenvalue weighted by Crippen LogP contribution is 2.35. The van der Waals surface area contributed by atoms with Crippen molar-refractivity contribution in [3.05, 3.63) is 40.6 Å². The molecule has 1 fully saturated rings. The zero-order valence-corrected chi connectivity index (χ0v) is 21.7. The first-order chi connectivity index (χ1) is 16.2. The Bertz CT molecular complexity index is 1120. The maximum atomic E-state index is 13.2. The summed E-state index contributed by atoms with van der Waals surface area (Å²) in [4.78, 5) is 17.8. The summed E-state index contributed by atoms with van der Waals surface area (Å²) in [5, 5.41) is 9.71. The molecule has 0 bridgehead atoms. The highest BCUT2D eigenvalue weighted by molar-refractivity contribution is 8.01. The smallest absolute Gasteiger partial charge is 0.239 e. The number of allylic oxidation sites excluding steroid dienone is 1. The lowest BCUT2D eigenvalue weighted by atomic mass is 9.98. The van der Waals surface area contributed by atoms with Crippen molar-refractivity contribution in [1.82, 2.24) is 4.98 Å². The Morgan fingerprint density at radius 2 is 2.00 bits per heavy atom. The molecule has 11 heteroatoms. The molecule has 1 aliphatic rings. The molecule has 0 unspecified atom stereocenters. The summed E-state index contributed by atoms with van der Waals surface area (Å²) in [5.74, 6) is 0.839. The lowest BCUT2D eigenvalue weighted by molar-refractivity contribution is -0.122. The van der Waals surface area contributed by atoms with Crippen LogP contribution in [0.2, 0.25) is 0 Å². The van der Waals surface area contributed by atoms with Gasteiger partial charge in [0, 0.05) is 36.3 Å². The molecule has 0 spiro atoms. The molecule has 0 saturated carbocycles. The number of benzene rings is 1. The second-order valence-electron chi connectivity index (χ2n) is 7.91. The van der Waals surface area contributed by atoms with Crippen molar-refractivity contribution in [3.63, 3.8) is 0 Å². The topological polar surface area (TPSA) is 129 Å². The Balaban J connectivity index is 1.52. The number of hydrogen-bond donors (Lipinski definition) is 2. The Morgan fingerprint density at radius 1 is 1.32 bits per heavy atom. The van der Waals surface area contributed by atoms with Gasteiger partial charge < -0.3 is 20.3 Å². The van der Waals surface area contributed by atoms with E-state index in [1.807, 2.05) is 13.8 Å². The van der Waals surface area contributed by atoms with Gasteiger partial charge in [-0.2, -0.15) is 0 Å². The average molecular weight is 527 g/mol. The van der Waals surface area contributed by atoms with Crippen LogP contribution in [-0.4, -0.2) is 54.7 Å². The van der Waals surface area contributed by atoms with E-state index in [2.05, 4.69) is 4.98 Å². The fourth-order valence-corrected chi connectivity index (χ4v) is 7.53. The van der Waals surface area contributed by atoms with Crippen LogP contribution in [-0.2, 0) is 19.4 Å². The predicted molar refractivity (Wildman–Crippen MR) is 134 cm³/mol. The van der Waals surface area contributed by atoms with Gasteiger partial charge in [0.05, 0.1) is 23.0 Å². The quantitative estimate of drug-likeness (QED) is 0.254. The lowest BCUT2D eigenvalue weighted by Crippen LogP contribution is -2.53. The van der Waals surface area contributed by atoms with Crippen LogP contribution in [0, 0.1) is 6.92 Å². The minimum atomic E-state index is -3.95. The van der Waals surface area contributed by atoms with Crippen LogP contribution >= 0.6 is 23.1 Å². The third kappa shape index (κ3) is 5.94. The number of ether oxygens (including phenoxy) is 2. The summed E-state index contributed by atoms with van der Waals surface area (Å²) in [6, 6.07) is 6.10. The number of amides is 1. The van der Waals surface area contributed by atoms with E-state index in [-0.39, 0.29) is 31.0 Å². The number of hydrogen-bond acceptors (Lipinski definition) is 9. The number of thiazole rings is 1. The lowest BCUT2D eigenvalue weighted by Gasteiger charge is -2.33. The van der Waals surface area contributed by atoms with Crippen LogP contribution in [0.25, 0.3) is 6.08 Å². The standard InChI is InChI=1S/C23H30N2O6S3/c1-3-17(26)15-20-16(2)33-22(25-20)32-14-4-11-31-18-5-7-19(8-6-18)34(28,29)23(21(24)27)9-12-30-13-10-23/h5-8,15,26H,3-4,9-14H2,1-2H3,(H2,24,27)/b17-15+. The minimum Gasteiger partial charge on any atom is -0.512 e. The number of primary amides is 1. The fraction of sp³-hybridized carbons (Fsp3) is 0.478. The maximum absolute atomic E-state index is 13.2. The molecule has 1 aromatic heterocycles. The molecule has 2 heterocycles. The number of carbonyl (C=O) groups is 1. The number of sulfone groups is 1. The molecule has 0 atom stereocenters. The van der Waals surface area contributed by atoms with Crippen molar-refractivity contribution < 1.29 is 27.8 Å². The van der Waals surface area contributed by atoms with Gasteiger partial charge in [-0.1, -0.05) is 18.7 Å². The van der Waals surface area contributed by atoms with Crippen LogP contribution in [0.15, 0.2) is 39.3 Å². The van der Waals surface area contributed by atoms with E-state index in [1.54, 1.807) is 41.3 Å². The molecular formula is C23H30N2O6S3. The van der Waals surface area contributed by atoms with E-state index < -0.39 is 20.5 Å². The number of aromatic nitrogens is 1. The van der Waals surface area contributed by atoms with Gasteiger partial charge in [-0.25, -0.2) is 13.4 Å². The zero-order chi connectivity index (χ0) is 24.8. The molecule has 1 amide bonds. The van der Waals surface area contributed by atoms with Crippen molar-refractivity contribution in [2.45, 2.75) is 53.5 Å². The number of nitrogens with two attached hydrogens (primary N) is 1. The van der Waals surface area contributed by atoms with Gasteiger partial charge in [-0.3, -0.25) is 4.79 Å². The van der Waals surface area contributed by atoms with E-state index in [0.29, 0.717) is 24.5 Å². The number of nitrogens with zero attached hydrogens (tertiary/aromatic N) is 1. The Morgan fingerprint density at radius 3 is 2.62 bits per heavy atom. The number of thioether (sulfide) groups is 1. The monoisotopic (exact) mass is 526 g/mol. The zero-order valence-electron chi connectivity index (χ0n) is 19.3. The largest absolute Gasteiger partial charge is 0.512 e. The Labute approximate surface area is 208 Å². The highest BCUT2D eigenvalue weighted by Gasteiger charge is 2.51. The molecule has 2 aromatic rings. The summed E-state index contributed by atoms with van der Waals surface area (Å²) < 4.78 is 36.6. The van der Waals surface area contributed by atoms with Gasteiger partial charge in [-0.05, 0) is 50.5 Å². The molecule has 1 saturated heterocycles. The Kier molecular flexibility index (Phi) is 9.02. The van der Waals surface area contributed by atoms with Gasteiger partial charge in [0.2, 0.25) is 5.91 Å². The average Bonchev–Trinajstić information content (AvgIpc) is 3.17. The molecule has 1 aliphatic heterocycles. The van der Waals surface area contributed by atoms with E-state index in [4.69, 9.17) is 15.2 Å². The molecule has 186 valence electrons. The molecule has 3 N–H and O–H groups in total. The first kappa shape index (κ1) is 26.5. The molecule has 34 heavy (non-hydrogen) atoms. The van der Waals surface area contributed by atoms with Crippen LogP contribution in [0.1, 0.15) is 43.2 Å². The highest BCUT2D eigenvalue weighted by atomic mass is 32.2. The number of rotatable bonds is 11. The third-order valence-corrected chi connectivity index (χ3v) is 10.4. The van der Waals surface area contributed by atoms with Crippen molar-refractivity contribution in [2.75, 3.05) is 25.6 Å². The second-order valence-corrected chi connectivity index (χ2v) is 12.7. The second kappa shape index (κ2) is 11.6. The summed E-state index contributed by atoms with van der Waals surface area (Å²) in [6.45, 7) is 4.70. The third-order valence-electron chi connectivity index (χ3n) is 5.66. The predicted octanol–water partition coefficient (Wildman–Crippen LogP) is 4.13. The molecule has 0 radical (unpaired) electrons. The number of aryl methyl sites for hydroxylation is 1. The fourth-order valence-electron chi connectivity index (χ4n) is 3.54. The first-order valence-electron chi connectivity index (χ1n) is 11.0. The summed E-state index contributed by atoms with van der Waals surface area (Å²) in [6.07, 6.45) is 3.16. The van der Waals surface area contributed by atoms with Crippen LogP contribution < -0.4 is 10.5 Å². The van der Waals surface area contributed by atoms with Crippen LogP contribution in [0.3, 0.4) is 0 Å². The first-order valence-corrected chi connectivity index (χ1v) is 14.3. The molecule has 1 aromatic carbocycles.